The summed E-state index contributed by atoms with van der Waals surface area (Å²) < 4.78 is 29.5. The van der Waals surface area contributed by atoms with Crippen LogP contribution in [-0.2, 0) is 47.7 Å². The van der Waals surface area contributed by atoms with E-state index in [1.54, 1.807) is 48.0 Å². The lowest BCUT2D eigenvalue weighted by atomic mass is 9.78. The van der Waals surface area contributed by atoms with Crippen LogP contribution < -0.4 is 0 Å². The Bertz CT molecular complexity index is 1810. The minimum atomic E-state index is -2.45. The number of carbonyl (C=O) groups is 5. The quantitative estimate of drug-likeness (QED) is 0.147. The van der Waals surface area contributed by atoms with E-state index in [-0.39, 0.29) is 54.8 Å². The van der Waals surface area contributed by atoms with Crippen molar-refractivity contribution in [1.29, 1.82) is 0 Å². The third kappa shape index (κ3) is 13.7. The Morgan fingerprint density at radius 1 is 0.864 bits per heavy atom. The molecule has 66 heavy (non-hydrogen) atoms. The van der Waals surface area contributed by atoms with Crippen LogP contribution >= 0.6 is 0 Å². The first-order valence-corrected chi connectivity index (χ1v) is 24.3. The van der Waals surface area contributed by atoms with Crippen LogP contribution in [-0.4, -0.2) is 131 Å². The normalized spacial score (nSPS) is 39.8. The standard InChI is InChI=1S/C52H81NO13/c1-31-17-13-12-14-18-32(2)42(62-9)29-39-21-19-37(7)52(61,66-39)48(58)49(59)53-24-16-15-23-51(53,8)50(60)65-43(34(4)27-38-20-22-40(54)44(28-38)63-10)30-41(55)33(3)26-36(6)46(57)47(64-11)45(56)35(5)25-31/h12-14,17-18,26,31,33-35,37-40,42-44,46-47,54,57,61H,15-16,19-25,27-30H2,1-11H3/b14-12?,17-13+,32-18?,36-26+/t31-,33-,34-,35-,37-,38+,39?,40-,42+,43+,44-,46-,47+,51+,52-/m1/s1. The summed E-state index contributed by atoms with van der Waals surface area (Å²) in [5.74, 6) is -8.07. The molecule has 0 radical (unpaired) electrons. The van der Waals surface area contributed by atoms with Crippen LogP contribution in [0.3, 0.4) is 0 Å². The second kappa shape index (κ2) is 24.8. The number of carbonyl (C=O) groups excluding carboxylic acids is 5. The number of rotatable bonds is 6. The van der Waals surface area contributed by atoms with Gasteiger partial charge in [-0.3, -0.25) is 19.2 Å². The van der Waals surface area contributed by atoms with Crippen molar-refractivity contribution in [2.75, 3.05) is 27.9 Å². The fraction of sp³-hybridized carbons (Fsp3) is 0.750. The number of aliphatic hydroxyl groups is 3. The first-order valence-electron chi connectivity index (χ1n) is 24.3. The zero-order valence-electron chi connectivity index (χ0n) is 41.5. The monoisotopic (exact) mass is 928 g/mol. The molecule has 0 spiro atoms. The van der Waals surface area contributed by atoms with Gasteiger partial charge in [0.1, 0.15) is 29.6 Å². The van der Waals surface area contributed by atoms with E-state index in [2.05, 4.69) is 0 Å². The van der Waals surface area contributed by atoms with Crippen molar-refractivity contribution in [2.45, 2.75) is 186 Å². The average Bonchev–Trinajstić information content (AvgIpc) is 3.28. The molecule has 2 saturated heterocycles. The minimum absolute atomic E-state index is 0.0171. The Kier molecular flexibility index (Phi) is 20.7. The van der Waals surface area contributed by atoms with E-state index in [0.29, 0.717) is 63.4 Å². The van der Waals surface area contributed by atoms with Crippen LogP contribution in [0.2, 0.25) is 0 Å². The highest BCUT2D eigenvalue weighted by atomic mass is 16.6. The predicted octanol–water partition coefficient (Wildman–Crippen LogP) is 6.57. The highest BCUT2D eigenvalue weighted by Crippen LogP contribution is 2.39. The topological polar surface area (TPSA) is 195 Å². The van der Waals surface area contributed by atoms with E-state index >= 15 is 0 Å². The summed E-state index contributed by atoms with van der Waals surface area (Å²) in [4.78, 5) is 72.6. The fourth-order valence-corrected chi connectivity index (χ4v) is 10.4. The molecule has 1 unspecified atom stereocenters. The molecule has 3 aliphatic heterocycles. The molecule has 14 heteroatoms. The van der Waals surface area contributed by atoms with Crippen LogP contribution in [0.5, 0.6) is 0 Å². The summed E-state index contributed by atoms with van der Waals surface area (Å²) in [5, 5.41) is 34.0. The van der Waals surface area contributed by atoms with Crippen molar-refractivity contribution in [1.82, 2.24) is 4.90 Å². The van der Waals surface area contributed by atoms with Gasteiger partial charge in [0.05, 0.1) is 24.4 Å². The maximum Gasteiger partial charge on any atom is 0.332 e. The predicted molar refractivity (Wildman–Crippen MR) is 250 cm³/mol. The second-order valence-corrected chi connectivity index (χ2v) is 20.2. The van der Waals surface area contributed by atoms with Gasteiger partial charge in [0.25, 0.3) is 11.7 Å². The first kappa shape index (κ1) is 55.2. The highest BCUT2D eigenvalue weighted by molar-refractivity contribution is 6.39. The number of Topliss-reactive ketones (excluding diaryl/α,β-unsaturated/α-hetero) is 3. The van der Waals surface area contributed by atoms with Gasteiger partial charge in [-0.05, 0) is 114 Å². The third-order valence-electron chi connectivity index (χ3n) is 15.0. The molecule has 1 amide bonds. The number of amides is 1. The number of esters is 1. The number of aliphatic hydroxyl groups excluding tert-OH is 2. The van der Waals surface area contributed by atoms with Crippen molar-refractivity contribution in [3.8, 4) is 0 Å². The summed E-state index contributed by atoms with van der Waals surface area (Å²) >= 11 is 0. The fourth-order valence-electron chi connectivity index (χ4n) is 10.4. The van der Waals surface area contributed by atoms with E-state index < -0.39 is 83.4 Å². The number of allylic oxidation sites excluding steroid dienone is 6. The number of hydrogen-bond acceptors (Lipinski definition) is 13. The lowest BCUT2D eigenvalue weighted by Crippen LogP contribution is -2.64. The van der Waals surface area contributed by atoms with Gasteiger partial charge in [0, 0.05) is 58.5 Å². The van der Waals surface area contributed by atoms with Crippen molar-refractivity contribution >= 4 is 29.2 Å². The molecule has 15 atom stereocenters. The molecular formula is C52H81NO13. The SMILES string of the molecule is CO[C@H]1CC2CC[C@@H](C)[C@@](O)(O2)C(=O)C(=O)N2CCCC[C@@]2(C)C(=O)O[C@H]([C@H](C)C[C@@H]2CC[C@@H](O)[C@H](OC)C2)CC(=O)[C@H](C)/C=C(\C)[C@@H](O)[C@@H](OC)C(=O)[C@H](C)C[C@H](C)/C=C/C=CC=C1C. The minimum Gasteiger partial charge on any atom is -0.460 e. The first-order chi connectivity index (χ1) is 31.1. The summed E-state index contributed by atoms with van der Waals surface area (Å²) in [5.41, 5.74) is -0.343. The van der Waals surface area contributed by atoms with Gasteiger partial charge in [-0.2, -0.15) is 0 Å². The van der Waals surface area contributed by atoms with Crippen LogP contribution in [0.25, 0.3) is 0 Å². The van der Waals surface area contributed by atoms with Crippen molar-refractivity contribution in [2.24, 2.45) is 35.5 Å². The van der Waals surface area contributed by atoms with Gasteiger partial charge in [0.15, 0.2) is 5.78 Å². The Morgan fingerprint density at radius 3 is 2.24 bits per heavy atom. The molecule has 372 valence electrons. The zero-order valence-corrected chi connectivity index (χ0v) is 41.5. The molecule has 4 rings (SSSR count). The molecule has 3 N–H and O–H groups in total. The van der Waals surface area contributed by atoms with E-state index in [4.69, 9.17) is 23.7 Å². The van der Waals surface area contributed by atoms with Crippen LogP contribution in [0, 0.1) is 35.5 Å². The van der Waals surface area contributed by atoms with E-state index in [9.17, 15) is 39.3 Å². The molecule has 2 bridgehead atoms. The van der Waals surface area contributed by atoms with Crippen LogP contribution in [0.1, 0.15) is 132 Å². The Morgan fingerprint density at radius 2 is 1.58 bits per heavy atom. The summed E-state index contributed by atoms with van der Waals surface area (Å²) in [7, 11) is 4.52. The number of cyclic esters (lactones) is 1. The summed E-state index contributed by atoms with van der Waals surface area (Å²) in [6, 6.07) is 0. The van der Waals surface area contributed by atoms with Gasteiger partial charge in [-0.15, -0.1) is 0 Å². The molecule has 0 aromatic rings. The van der Waals surface area contributed by atoms with Gasteiger partial charge < -0.3 is 43.9 Å². The molecule has 1 saturated carbocycles. The molecule has 14 nitrogen and oxygen atoms in total. The molecule has 4 aliphatic rings. The third-order valence-corrected chi connectivity index (χ3v) is 15.0. The molecular weight excluding hydrogens is 847 g/mol. The van der Waals surface area contributed by atoms with Crippen LogP contribution in [0.15, 0.2) is 47.6 Å². The maximum atomic E-state index is 14.7. The number of hydrogen-bond donors (Lipinski definition) is 3. The molecule has 0 aromatic carbocycles. The number of nitrogens with zero attached hydrogens (tertiary/aromatic N) is 1. The number of fused-ring (bicyclic) bond motifs is 3. The Hall–Kier alpha value is -3.37. The number of ketones is 3. The van der Waals surface area contributed by atoms with E-state index in [0.717, 1.165) is 12.0 Å². The molecule has 3 heterocycles. The van der Waals surface area contributed by atoms with E-state index in [1.165, 1.54) is 12.0 Å². The molecule has 3 fully saturated rings. The number of ether oxygens (including phenoxy) is 5. The van der Waals surface area contributed by atoms with Crippen molar-refractivity contribution in [3.63, 3.8) is 0 Å². The zero-order chi connectivity index (χ0) is 49.1. The van der Waals surface area contributed by atoms with Gasteiger partial charge in [0.2, 0.25) is 5.79 Å². The lowest BCUT2D eigenvalue weighted by molar-refractivity contribution is -0.266. The van der Waals surface area contributed by atoms with E-state index in [1.807, 2.05) is 58.1 Å². The van der Waals surface area contributed by atoms with Crippen molar-refractivity contribution in [3.05, 3.63) is 47.6 Å². The number of piperidine rings is 1. The summed E-state index contributed by atoms with van der Waals surface area (Å²) in [6.45, 7) is 14.3. The van der Waals surface area contributed by atoms with Crippen molar-refractivity contribution < 1.29 is 63.0 Å². The average molecular weight is 928 g/mol. The lowest BCUT2D eigenvalue weighted by Gasteiger charge is -2.46. The molecule has 0 aromatic heterocycles. The largest absolute Gasteiger partial charge is 0.460 e. The second-order valence-electron chi connectivity index (χ2n) is 20.2. The van der Waals surface area contributed by atoms with Gasteiger partial charge in [-0.25, -0.2) is 4.79 Å². The Labute approximate surface area is 393 Å². The molecule has 1 aliphatic carbocycles. The maximum absolute atomic E-state index is 14.7. The highest BCUT2D eigenvalue weighted by Gasteiger charge is 2.55. The summed E-state index contributed by atoms with van der Waals surface area (Å²) in [6.07, 6.45) is 11.0. The smallest absolute Gasteiger partial charge is 0.332 e. The Balaban J connectivity index is 1.73. The van der Waals surface area contributed by atoms with Gasteiger partial charge in [-0.1, -0.05) is 71.1 Å². The number of methoxy groups -OCH3 is 3. The van der Waals surface area contributed by atoms with Crippen LogP contribution in [0.4, 0.5) is 0 Å². The van der Waals surface area contributed by atoms with Gasteiger partial charge >= 0.3 is 5.97 Å².